The Labute approximate surface area is 196 Å². The summed E-state index contributed by atoms with van der Waals surface area (Å²) >= 11 is 0. The van der Waals surface area contributed by atoms with E-state index < -0.39 is 5.97 Å². The average Bonchev–Trinajstić information content (AvgIpc) is 3.25. The topological polar surface area (TPSA) is 73.2 Å². The van der Waals surface area contributed by atoms with Crippen LogP contribution >= 0.6 is 0 Å². The van der Waals surface area contributed by atoms with Crippen LogP contribution in [0.2, 0.25) is 0 Å². The first kappa shape index (κ1) is 24.2. The van der Waals surface area contributed by atoms with Gasteiger partial charge in [0.2, 0.25) is 0 Å². The van der Waals surface area contributed by atoms with Crippen LogP contribution in [-0.2, 0) is 16.6 Å². The molecule has 0 radical (unpaired) electrons. The van der Waals surface area contributed by atoms with Gasteiger partial charge in [-0.25, -0.2) is 9.48 Å². The predicted octanol–water partition coefficient (Wildman–Crippen LogP) is 5.10. The zero-order chi connectivity index (χ0) is 24.0. The summed E-state index contributed by atoms with van der Waals surface area (Å²) in [6.07, 6.45) is 1.78. The number of nitrogens with zero attached hydrogens (tertiary/aromatic N) is 2. The minimum atomic E-state index is -0.442. The summed E-state index contributed by atoms with van der Waals surface area (Å²) in [5.74, 6) is -0.548. The molecule has 0 fully saturated rings. The van der Waals surface area contributed by atoms with Crippen molar-refractivity contribution in [3.8, 4) is 5.69 Å². The fraction of sp³-hybridized carbons (Fsp3) is 0.370. The Morgan fingerprint density at radius 2 is 1.73 bits per heavy atom. The molecule has 2 aromatic carbocycles. The van der Waals surface area contributed by atoms with Gasteiger partial charge >= 0.3 is 5.97 Å². The van der Waals surface area contributed by atoms with Gasteiger partial charge in [0.15, 0.2) is 5.69 Å². The molecule has 1 aromatic heterocycles. The summed E-state index contributed by atoms with van der Waals surface area (Å²) in [6.45, 7) is 10.3. The van der Waals surface area contributed by atoms with E-state index in [1.165, 1.54) is 5.56 Å². The van der Waals surface area contributed by atoms with Crippen molar-refractivity contribution in [2.45, 2.75) is 58.9 Å². The Balaban J connectivity index is 1.71. The molecule has 0 bridgehead atoms. The Morgan fingerprint density at radius 3 is 2.33 bits per heavy atom. The number of aromatic nitrogens is 2. The van der Waals surface area contributed by atoms with Crippen molar-refractivity contribution < 1.29 is 14.3 Å². The SMILES string of the molecule is CCOC(=O)c1cc(C(C)(C)C)n(-c2ccc(C(=O)NC(C)CCc3ccccc3)cc2)n1. The summed E-state index contributed by atoms with van der Waals surface area (Å²) in [7, 11) is 0. The van der Waals surface area contributed by atoms with E-state index in [9.17, 15) is 9.59 Å². The number of aryl methyl sites for hydroxylation is 1. The highest BCUT2D eigenvalue weighted by atomic mass is 16.5. The minimum absolute atomic E-state index is 0.0585. The van der Waals surface area contributed by atoms with Crippen molar-refractivity contribution in [3.05, 3.63) is 83.2 Å². The largest absolute Gasteiger partial charge is 0.461 e. The van der Waals surface area contributed by atoms with Crippen LogP contribution in [0.25, 0.3) is 5.69 Å². The second kappa shape index (κ2) is 10.5. The third-order valence-electron chi connectivity index (χ3n) is 5.42. The van der Waals surface area contributed by atoms with Crippen molar-refractivity contribution >= 4 is 11.9 Å². The van der Waals surface area contributed by atoms with Crippen molar-refractivity contribution in [2.24, 2.45) is 0 Å². The number of carbonyl (C=O) groups is 2. The van der Waals surface area contributed by atoms with E-state index in [4.69, 9.17) is 4.74 Å². The first-order valence-electron chi connectivity index (χ1n) is 11.4. The van der Waals surface area contributed by atoms with E-state index in [2.05, 4.69) is 43.3 Å². The molecule has 6 heteroatoms. The van der Waals surface area contributed by atoms with Crippen LogP contribution in [0.15, 0.2) is 60.7 Å². The molecular weight excluding hydrogens is 414 g/mol. The number of carbonyl (C=O) groups excluding carboxylic acids is 2. The first-order chi connectivity index (χ1) is 15.7. The lowest BCUT2D eigenvalue weighted by Gasteiger charge is -2.20. The van der Waals surface area contributed by atoms with Gasteiger partial charge in [0.05, 0.1) is 18.0 Å². The zero-order valence-corrected chi connectivity index (χ0v) is 20.1. The quantitative estimate of drug-likeness (QED) is 0.488. The molecule has 0 spiro atoms. The summed E-state index contributed by atoms with van der Waals surface area (Å²) in [6, 6.07) is 19.4. The standard InChI is InChI=1S/C27H33N3O3/c1-6-33-26(32)23-18-24(27(3,4)5)30(29-23)22-16-14-21(15-17-22)25(31)28-19(2)12-13-20-10-8-7-9-11-20/h7-11,14-19H,6,12-13H2,1-5H3,(H,28,31). The molecule has 3 aromatic rings. The second-order valence-electron chi connectivity index (χ2n) is 9.24. The van der Waals surface area contributed by atoms with Crippen LogP contribution in [0.1, 0.15) is 73.1 Å². The average molecular weight is 448 g/mol. The number of nitrogens with one attached hydrogen (secondary N) is 1. The number of ether oxygens (including phenoxy) is 1. The summed E-state index contributed by atoms with van der Waals surface area (Å²) in [5.41, 5.74) is 3.55. The maximum atomic E-state index is 12.7. The lowest BCUT2D eigenvalue weighted by Crippen LogP contribution is -2.32. The third-order valence-corrected chi connectivity index (χ3v) is 5.42. The maximum Gasteiger partial charge on any atom is 0.358 e. The fourth-order valence-electron chi connectivity index (χ4n) is 3.58. The van der Waals surface area contributed by atoms with Gasteiger partial charge in [-0.15, -0.1) is 0 Å². The number of amides is 1. The van der Waals surface area contributed by atoms with Crippen LogP contribution in [-0.4, -0.2) is 34.3 Å². The van der Waals surface area contributed by atoms with E-state index in [0.29, 0.717) is 12.2 Å². The van der Waals surface area contributed by atoms with E-state index in [0.717, 1.165) is 24.2 Å². The number of hydrogen-bond donors (Lipinski definition) is 1. The summed E-state index contributed by atoms with van der Waals surface area (Å²) in [5, 5.41) is 7.55. The Bertz CT molecular complexity index is 1080. The zero-order valence-electron chi connectivity index (χ0n) is 20.1. The third kappa shape index (κ3) is 6.31. The molecule has 1 unspecified atom stereocenters. The van der Waals surface area contributed by atoms with Gasteiger partial charge < -0.3 is 10.1 Å². The van der Waals surface area contributed by atoms with Crippen molar-refractivity contribution in [1.82, 2.24) is 15.1 Å². The first-order valence-corrected chi connectivity index (χ1v) is 11.4. The lowest BCUT2D eigenvalue weighted by molar-refractivity contribution is 0.0518. The van der Waals surface area contributed by atoms with E-state index in [-0.39, 0.29) is 23.1 Å². The van der Waals surface area contributed by atoms with Crippen LogP contribution < -0.4 is 5.32 Å². The smallest absolute Gasteiger partial charge is 0.358 e. The molecule has 33 heavy (non-hydrogen) atoms. The van der Waals surface area contributed by atoms with E-state index in [1.54, 1.807) is 29.8 Å². The second-order valence-corrected chi connectivity index (χ2v) is 9.24. The molecule has 3 rings (SSSR count). The molecule has 0 aliphatic carbocycles. The lowest BCUT2D eigenvalue weighted by atomic mass is 9.91. The Hall–Kier alpha value is -3.41. The molecule has 1 heterocycles. The van der Waals surface area contributed by atoms with Gasteiger partial charge in [0.1, 0.15) is 0 Å². The highest BCUT2D eigenvalue weighted by Gasteiger charge is 2.25. The van der Waals surface area contributed by atoms with Crippen molar-refractivity contribution in [2.75, 3.05) is 6.61 Å². The Morgan fingerprint density at radius 1 is 1.06 bits per heavy atom. The fourth-order valence-corrected chi connectivity index (χ4v) is 3.58. The molecule has 0 saturated carbocycles. The highest BCUT2D eigenvalue weighted by Crippen LogP contribution is 2.26. The van der Waals surface area contributed by atoms with Crippen LogP contribution in [0.5, 0.6) is 0 Å². The monoisotopic (exact) mass is 447 g/mol. The van der Waals surface area contributed by atoms with Crippen molar-refractivity contribution in [3.63, 3.8) is 0 Å². The van der Waals surface area contributed by atoms with Gasteiger partial charge in [-0.3, -0.25) is 4.79 Å². The highest BCUT2D eigenvalue weighted by molar-refractivity contribution is 5.94. The molecule has 1 atom stereocenters. The van der Waals surface area contributed by atoms with Gasteiger partial charge in [0, 0.05) is 17.0 Å². The molecule has 0 aliphatic rings. The molecule has 0 saturated heterocycles. The maximum absolute atomic E-state index is 12.7. The van der Waals surface area contributed by atoms with E-state index in [1.807, 2.05) is 37.3 Å². The van der Waals surface area contributed by atoms with Crippen LogP contribution in [0, 0.1) is 0 Å². The molecule has 1 N–H and O–H groups in total. The summed E-state index contributed by atoms with van der Waals surface area (Å²) in [4.78, 5) is 24.9. The minimum Gasteiger partial charge on any atom is -0.461 e. The number of benzene rings is 2. The van der Waals surface area contributed by atoms with Gasteiger partial charge in [-0.05, 0) is 62.6 Å². The normalized spacial score (nSPS) is 12.3. The Kier molecular flexibility index (Phi) is 7.69. The van der Waals surface area contributed by atoms with Gasteiger partial charge in [0.25, 0.3) is 5.91 Å². The molecule has 174 valence electrons. The molecular formula is C27H33N3O3. The van der Waals surface area contributed by atoms with Crippen LogP contribution in [0.4, 0.5) is 0 Å². The number of esters is 1. The summed E-state index contributed by atoms with van der Waals surface area (Å²) < 4.78 is 6.86. The molecule has 0 aliphatic heterocycles. The van der Waals surface area contributed by atoms with Crippen LogP contribution in [0.3, 0.4) is 0 Å². The van der Waals surface area contributed by atoms with Gasteiger partial charge in [-0.1, -0.05) is 51.1 Å². The molecule has 6 nitrogen and oxygen atoms in total. The van der Waals surface area contributed by atoms with Gasteiger partial charge in [-0.2, -0.15) is 5.10 Å². The molecule has 1 amide bonds. The number of hydrogen-bond acceptors (Lipinski definition) is 4. The number of rotatable bonds is 8. The van der Waals surface area contributed by atoms with E-state index >= 15 is 0 Å². The predicted molar refractivity (Wildman–Crippen MR) is 130 cm³/mol. The van der Waals surface area contributed by atoms with Crippen molar-refractivity contribution in [1.29, 1.82) is 0 Å².